The van der Waals surface area contributed by atoms with Crippen molar-refractivity contribution in [2.45, 2.75) is 20.1 Å². The summed E-state index contributed by atoms with van der Waals surface area (Å²) in [4.78, 5) is 27.7. The molecule has 1 heterocycles. The molecule has 0 radical (unpaired) electrons. The largest absolute Gasteiger partial charge is 0.488 e. The number of carbonyl (C=O) groups is 2. The molecule has 4 aromatic rings. The molecule has 4 aromatic carbocycles. The van der Waals surface area contributed by atoms with E-state index in [1.165, 1.54) is 4.90 Å². The summed E-state index contributed by atoms with van der Waals surface area (Å²) in [6.07, 6.45) is 1.77. The number of aryl methyl sites for hydroxylation is 1. The molecule has 0 atom stereocenters. The van der Waals surface area contributed by atoms with Crippen LogP contribution in [0.25, 0.3) is 16.8 Å². The average Bonchev–Trinajstić information content (AvgIpc) is 3.13. The van der Waals surface area contributed by atoms with Crippen LogP contribution in [0.2, 0.25) is 5.02 Å². The molecule has 1 fully saturated rings. The van der Waals surface area contributed by atoms with Crippen LogP contribution in [0.4, 0.5) is 4.79 Å². The molecule has 2 amide bonds. The second kappa shape index (κ2) is 9.98. The van der Waals surface area contributed by atoms with Crippen LogP contribution in [0.3, 0.4) is 0 Å². The number of hydrogen-bond acceptors (Lipinski definition) is 4. The Morgan fingerprint density at radius 1 is 0.886 bits per heavy atom. The summed E-state index contributed by atoms with van der Waals surface area (Å²) >= 11 is 7.27. The molecule has 5 rings (SSSR count). The van der Waals surface area contributed by atoms with Crippen molar-refractivity contribution in [1.29, 1.82) is 0 Å². The second-order valence-electron chi connectivity index (χ2n) is 8.27. The van der Waals surface area contributed by atoms with E-state index in [1.54, 1.807) is 6.08 Å². The first-order chi connectivity index (χ1) is 17.0. The van der Waals surface area contributed by atoms with Gasteiger partial charge in [0.2, 0.25) is 0 Å². The van der Waals surface area contributed by atoms with Crippen LogP contribution < -0.4 is 4.74 Å². The lowest BCUT2D eigenvalue weighted by molar-refractivity contribution is -0.123. The molecule has 35 heavy (non-hydrogen) atoms. The molecule has 1 aliphatic heterocycles. The third kappa shape index (κ3) is 4.83. The number of benzene rings is 4. The lowest BCUT2D eigenvalue weighted by atomic mass is 10.0. The Morgan fingerprint density at radius 3 is 2.40 bits per heavy atom. The first-order valence-electron chi connectivity index (χ1n) is 11.2. The molecule has 4 nitrogen and oxygen atoms in total. The van der Waals surface area contributed by atoms with E-state index < -0.39 is 0 Å². The Bertz CT molecular complexity index is 1480. The van der Waals surface area contributed by atoms with Crippen LogP contribution in [0, 0.1) is 6.92 Å². The Labute approximate surface area is 213 Å². The van der Waals surface area contributed by atoms with Crippen molar-refractivity contribution in [2.24, 2.45) is 0 Å². The monoisotopic (exact) mass is 499 g/mol. The number of imide groups is 1. The normalized spacial score (nSPS) is 14.8. The van der Waals surface area contributed by atoms with Gasteiger partial charge >= 0.3 is 0 Å². The van der Waals surface area contributed by atoms with Crippen molar-refractivity contribution in [1.82, 2.24) is 4.90 Å². The summed E-state index contributed by atoms with van der Waals surface area (Å²) in [5.41, 5.74) is 3.62. The zero-order valence-electron chi connectivity index (χ0n) is 19.0. The van der Waals surface area contributed by atoms with Crippen molar-refractivity contribution in [3.63, 3.8) is 0 Å². The molecule has 1 aliphatic rings. The van der Waals surface area contributed by atoms with Crippen molar-refractivity contribution in [3.05, 3.63) is 117 Å². The molecule has 0 spiro atoms. The molecule has 0 aliphatic carbocycles. The maximum absolute atomic E-state index is 13.3. The van der Waals surface area contributed by atoms with Gasteiger partial charge in [-0.2, -0.15) is 0 Å². The number of thioether (sulfide) groups is 1. The van der Waals surface area contributed by atoms with E-state index in [2.05, 4.69) is 0 Å². The molecule has 0 N–H and O–H groups in total. The second-order valence-corrected chi connectivity index (χ2v) is 9.67. The Hall–Kier alpha value is -3.54. The van der Waals surface area contributed by atoms with Gasteiger partial charge in [-0.05, 0) is 58.8 Å². The number of halogens is 1. The molecule has 174 valence electrons. The summed E-state index contributed by atoms with van der Waals surface area (Å²) in [7, 11) is 0. The Kier molecular flexibility index (Phi) is 6.62. The fourth-order valence-electron chi connectivity index (χ4n) is 4.05. The molecular weight excluding hydrogens is 478 g/mol. The molecule has 0 unspecified atom stereocenters. The first-order valence-corrected chi connectivity index (χ1v) is 12.4. The van der Waals surface area contributed by atoms with E-state index in [4.69, 9.17) is 16.3 Å². The van der Waals surface area contributed by atoms with E-state index >= 15 is 0 Å². The van der Waals surface area contributed by atoms with Gasteiger partial charge in [-0.1, -0.05) is 84.4 Å². The number of hydrogen-bond donors (Lipinski definition) is 0. The standard InChI is InChI=1S/C29H22ClNO3S/c1-19-8-2-3-10-21(19)17-31-28(32)27(35-29(31)33)16-24-23-12-6-4-9-20(23)14-15-26(24)34-18-22-11-5-7-13-25(22)30/h2-16H,17-18H2,1H3/b27-16-. The number of fused-ring (bicyclic) bond motifs is 1. The minimum absolute atomic E-state index is 0.250. The maximum Gasteiger partial charge on any atom is 0.293 e. The van der Waals surface area contributed by atoms with E-state index in [9.17, 15) is 9.59 Å². The number of nitrogens with zero attached hydrogens (tertiary/aromatic N) is 1. The Morgan fingerprint density at radius 2 is 1.60 bits per heavy atom. The van der Waals surface area contributed by atoms with Gasteiger partial charge in [-0.15, -0.1) is 0 Å². The Balaban J connectivity index is 1.49. The topological polar surface area (TPSA) is 46.6 Å². The van der Waals surface area contributed by atoms with Gasteiger partial charge in [0.15, 0.2) is 0 Å². The predicted molar refractivity (Wildman–Crippen MR) is 142 cm³/mol. The van der Waals surface area contributed by atoms with Crippen LogP contribution in [0.5, 0.6) is 5.75 Å². The zero-order chi connectivity index (χ0) is 24.4. The SMILES string of the molecule is Cc1ccccc1CN1C(=O)S/C(=C\c2c(OCc3ccccc3Cl)ccc3ccccc23)C1=O. The van der Waals surface area contributed by atoms with Crippen molar-refractivity contribution < 1.29 is 14.3 Å². The van der Waals surface area contributed by atoms with Crippen LogP contribution in [0.15, 0.2) is 89.8 Å². The number of rotatable bonds is 6. The van der Waals surface area contributed by atoms with Crippen molar-refractivity contribution in [3.8, 4) is 5.75 Å². The molecule has 0 saturated carbocycles. The van der Waals surface area contributed by atoms with E-state index in [-0.39, 0.29) is 24.3 Å². The van der Waals surface area contributed by atoms with Gasteiger partial charge in [0.25, 0.3) is 11.1 Å². The van der Waals surface area contributed by atoms with Crippen molar-refractivity contribution in [2.75, 3.05) is 0 Å². The van der Waals surface area contributed by atoms with E-state index in [0.29, 0.717) is 15.7 Å². The third-order valence-corrected chi connectivity index (χ3v) is 7.29. The number of carbonyl (C=O) groups excluding carboxylic acids is 2. The van der Waals surface area contributed by atoms with E-state index in [0.717, 1.165) is 44.8 Å². The first kappa shape index (κ1) is 23.2. The third-order valence-electron chi connectivity index (χ3n) is 6.01. The lowest BCUT2D eigenvalue weighted by Crippen LogP contribution is -2.27. The highest BCUT2D eigenvalue weighted by atomic mass is 35.5. The van der Waals surface area contributed by atoms with E-state index in [1.807, 2.05) is 91.9 Å². The minimum Gasteiger partial charge on any atom is -0.488 e. The van der Waals surface area contributed by atoms with Gasteiger partial charge in [0, 0.05) is 16.1 Å². The maximum atomic E-state index is 13.3. The fourth-order valence-corrected chi connectivity index (χ4v) is 5.06. The molecule has 6 heteroatoms. The predicted octanol–water partition coefficient (Wildman–Crippen LogP) is 7.62. The van der Waals surface area contributed by atoms with Gasteiger partial charge in [0.05, 0.1) is 11.4 Å². The van der Waals surface area contributed by atoms with Crippen LogP contribution in [-0.4, -0.2) is 16.0 Å². The van der Waals surface area contributed by atoms with Gasteiger partial charge in [-0.3, -0.25) is 14.5 Å². The molecule has 1 saturated heterocycles. The van der Waals surface area contributed by atoms with Crippen LogP contribution in [-0.2, 0) is 17.9 Å². The van der Waals surface area contributed by atoms with Crippen molar-refractivity contribution >= 4 is 51.4 Å². The number of ether oxygens (including phenoxy) is 1. The van der Waals surface area contributed by atoms with Gasteiger partial charge in [-0.25, -0.2) is 0 Å². The zero-order valence-corrected chi connectivity index (χ0v) is 20.6. The van der Waals surface area contributed by atoms with Gasteiger partial charge < -0.3 is 4.74 Å². The number of amides is 2. The lowest BCUT2D eigenvalue weighted by Gasteiger charge is -2.15. The minimum atomic E-state index is -0.298. The summed E-state index contributed by atoms with van der Waals surface area (Å²) in [6.45, 7) is 2.51. The highest BCUT2D eigenvalue weighted by Crippen LogP contribution is 2.38. The van der Waals surface area contributed by atoms with Gasteiger partial charge in [0.1, 0.15) is 12.4 Å². The smallest absolute Gasteiger partial charge is 0.293 e. The highest BCUT2D eigenvalue weighted by molar-refractivity contribution is 8.18. The summed E-state index contributed by atoms with van der Waals surface area (Å²) in [5.74, 6) is 0.322. The molecule has 0 aromatic heterocycles. The summed E-state index contributed by atoms with van der Waals surface area (Å²) in [6, 6.07) is 27.1. The average molecular weight is 500 g/mol. The summed E-state index contributed by atoms with van der Waals surface area (Å²) < 4.78 is 6.17. The molecular formula is C29H22ClNO3S. The highest BCUT2D eigenvalue weighted by Gasteiger charge is 2.35. The van der Waals surface area contributed by atoms with Crippen LogP contribution >= 0.6 is 23.4 Å². The molecule has 0 bridgehead atoms. The summed E-state index contributed by atoms with van der Waals surface area (Å²) in [5, 5.41) is 2.31. The fraction of sp³-hybridized carbons (Fsp3) is 0.103. The quantitative estimate of drug-likeness (QED) is 0.256. The van der Waals surface area contributed by atoms with Crippen LogP contribution in [0.1, 0.15) is 22.3 Å².